The molecule has 1 aromatic carbocycles. The molecule has 0 bridgehead atoms. The third-order valence-electron chi connectivity index (χ3n) is 6.12. The van der Waals surface area contributed by atoms with Gasteiger partial charge in [0, 0.05) is 6.54 Å². The number of carbonyl (C=O) groups is 5. The van der Waals surface area contributed by atoms with Crippen molar-refractivity contribution in [2.45, 2.75) is 69.1 Å². The Labute approximate surface area is 214 Å². The van der Waals surface area contributed by atoms with Crippen molar-refractivity contribution in [3.05, 3.63) is 29.8 Å². The highest BCUT2D eigenvalue weighted by atomic mass is 16.4. The summed E-state index contributed by atoms with van der Waals surface area (Å²) in [6.07, 6.45) is 1.45. The number of hydrogen-bond donors (Lipinski definition) is 7. The summed E-state index contributed by atoms with van der Waals surface area (Å²) in [5, 5.41) is 32.4. The largest absolute Gasteiger partial charge is 0.508 e. The number of phenols is 1. The lowest BCUT2D eigenvalue weighted by molar-refractivity contribution is -0.147. The number of nitrogens with zero attached hydrogens (tertiary/aromatic N) is 1. The van der Waals surface area contributed by atoms with Crippen LogP contribution in [-0.4, -0.2) is 87.1 Å². The number of aromatic hydroxyl groups is 1. The molecule has 0 aromatic heterocycles. The third kappa shape index (κ3) is 9.03. The van der Waals surface area contributed by atoms with Crippen molar-refractivity contribution in [3.63, 3.8) is 0 Å². The molecule has 4 atom stereocenters. The minimum Gasteiger partial charge on any atom is -0.508 e. The Balaban J connectivity index is 2.08. The van der Waals surface area contributed by atoms with E-state index in [-0.39, 0.29) is 18.6 Å². The third-order valence-corrected chi connectivity index (χ3v) is 6.12. The van der Waals surface area contributed by atoms with E-state index < -0.39 is 60.2 Å². The average molecular weight is 522 g/mol. The van der Waals surface area contributed by atoms with Gasteiger partial charge in [-0.25, -0.2) is 4.79 Å². The Morgan fingerprint density at radius 2 is 1.70 bits per heavy atom. The molecule has 0 radical (unpaired) electrons. The maximum atomic E-state index is 13.1. The van der Waals surface area contributed by atoms with Crippen molar-refractivity contribution >= 4 is 29.7 Å². The number of rotatable bonds is 14. The summed E-state index contributed by atoms with van der Waals surface area (Å²) in [5.41, 5.74) is 12.4. The highest BCUT2D eigenvalue weighted by molar-refractivity contribution is 5.95. The number of benzene rings is 1. The summed E-state index contributed by atoms with van der Waals surface area (Å²) in [4.78, 5) is 62.7. The van der Waals surface area contributed by atoms with Gasteiger partial charge in [0.1, 0.15) is 23.9 Å². The summed E-state index contributed by atoms with van der Waals surface area (Å²) in [7, 11) is 0. The summed E-state index contributed by atoms with van der Waals surface area (Å²) >= 11 is 0. The second kappa shape index (κ2) is 14.1. The fourth-order valence-corrected chi connectivity index (χ4v) is 4.17. The number of carbonyl (C=O) groups excluding carboxylic acids is 3. The second-order valence-corrected chi connectivity index (χ2v) is 9.01. The van der Waals surface area contributed by atoms with Crippen LogP contribution in [-0.2, 0) is 30.4 Å². The average Bonchev–Trinajstić information content (AvgIpc) is 3.33. The molecule has 1 fully saturated rings. The van der Waals surface area contributed by atoms with Crippen LogP contribution in [0, 0.1) is 0 Å². The number of aliphatic carboxylic acids is 2. The molecule has 3 amide bonds. The Kier molecular flexibility index (Phi) is 11.3. The van der Waals surface area contributed by atoms with Crippen LogP contribution in [0.4, 0.5) is 0 Å². The molecular formula is C24H35N5O8. The van der Waals surface area contributed by atoms with Crippen LogP contribution in [0.5, 0.6) is 5.75 Å². The van der Waals surface area contributed by atoms with E-state index in [1.54, 1.807) is 12.1 Å². The van der Waals surface area contributed by atoms with Crippen molar-refractivity contribution in [2.24, 2.45) is 11.5 Å². The first-order valence-electron chi connectivity index (χ1n) is 12.1. The van der Waals surface area contributed by atoms with Gasteiger partial charge in [-0.05, 0) is 62.8 Å². The summed E-state index contributed by atoms with van der Waals surface area (Å²) < 4.78 is 0. The topological polar surface area (TPSA) is 225 Å². The Bertz CT molecular complexity index is 970. The van der Waals surface area contributed by atoms with Gasteiger partial charge >= 0.3 is 11.9 Å². The molecule has 204 valence electrons. The predicted octanol–water partition coefficient (Wildman–Crippen LogP) is -1.09. The number of carboxylic acid groups (broad SMARTS) is 2. The number of phenolic OH excluding ortho intramolecular Hbond substituents is 1. The molecule has 1 aliphatic heterocycles. The van der Waals surface area contributed by atoms with Crippen molar-refractivity contribution in [3.8, 4) is 5.75 Å². The molecule has 0 saturated carbocycles. The second-order valence-electron chi connectivity index (χ2n) is 9.01. The van der Waals surface area contributed by atoms with Crippen LogP contribution in [0.25, 0.3) is 0 Å². The maximum Gasteiger partial charge on any atom is 0.326 e. The molecule has 0 aliphatic carbocycles. The fourth-order valence-electron chi connectivity index (χ4n) is 4.17. The van der Waals surface area contributed by atoms with Crippen LogP contribution in [0.15, 0.2) is 24.3 Å². The number of carboxylic acids is 2. The van der Waals surface area contributed by atoms with E-state index in [4.69, 9.17) is 16.6 Å². The molecule has 37 heavy (non-hydrogen) atoms. The van der Waals surface area contributed by atoms with Gasteiger partial charge in [0.15, 0.2) is 0 Å². The summed E-state index contributed by atoms with van der Waals surface area (Å²) in [6, 6.07) is 1.68. The molecule has 13 nitrogen and oxygen atoms in total. The quantitative estimate of drug-likeness (QED) is 0.146. The first-order valence-corrected chi connectivity index (χ1v) is 12.1. The lowest BCUT2D eigenvalue weighted by Gasteiger charge is -2.28. The molecule has 1 saturated heterocycles. The monoisotopic (exact) mass is 521 g/mol. The van der Waals surface area contributed by atoms with Crippen LogP contribution in [0.3, 0.4) is 0 Å². The molecule has 1 aliphatic rings. The number of unbranched alkanes of at least 4 members (excludes halogenated alkanes) is 1. The van der Waals surface area contributed by atoms with Gasteiger partial charge < -0.3 is 42.3 Å². The van der Waals surface area contributed by atoms with E-state index in [2.05, 4.69) is 10.6 Å². The van der Waals surface area contributed by atoms with Crippen LogP contribution >= 0.6 is 0 Å². The van der Waals surface area contributed by atoms with E-state index in [1.807, 2.05) is 0 Å². The number of nitrogens with two attached hydrogens (primary N) is 2. The number of hydrogen-bond acceptors (Lipinski definition) is 8. The maximum absolute atomic E-state index is 13.1. The van der Waals surface area contributed by atoms with Crippen molar-refractivity contribution in [2.75, 3.05) is 13.1 Å². The van der Waals surface area contributed by atoms with Gasteiger partial charge in [-0.3, -0.25) is 19.2 Å². The van der Waals surface area contributed by atoms with E-state index in [0.717, 1.165) is 5.56 Å². The highest BCUT2D eigenvalue weighted by Gasteiger charge is 2.38. The standard InChI is InChI=1S/C24H35N5O8/c25-10-2-1-4-17(21(33)28-18(24(36)37)13-20(31)32)27-22(34)19-5-3-11-29(19)23(35)16(26)12-14-6-8-15(30)9-7-14/h6-9,16-19,30H,1-5,10-13,25-26H2,(H,27,34)(H,28,33)(H,31,32)(H,36,37). The zero-order valence-electron chi connectivity index (χ0n) is 20.5. The van der Waals surface area contributed by atoms with Crippen LogP contribution in [0.2, 0.25) is 0 Å². The van der Waals surface area contributed by atoms with Gasteiger partial charge in [0.2, 0.25) is 17.7 Å². The zero-order chi connectivity index (χ0) is 27.5. The molecule has 1 aromatic rings. The van der Waals surface area contributed by atoms with Crippen molar-refractivity contribution in [1.29, 1.82) is 0 Å². The van der Waals surface area contributed by atoms with E-state index in [9.17, 15) is 34.2 Å². The fraction of sp³-hybridized carbons (Fsp3) is 0.542. The Morgan fingerprint density at radius 3 is 2.30 bits per heavy atom. The predicted molar refractivity (Wildman–Crippen MR) is 131 cm³/mol. The van der Waals surface area contributed by atoms with Gasteiger partial charge in [-0.2, -0.15) is 0 Å². The minimum absolute atomic E-state index is 0.0858. The molecule has 2 rings (SSSR count). The van der Waals surface area contributed by atoms with Crippen molar-refractivity contribution < 1.29 is 39.3 Å². The van der Waals surface area contributed by atoms with E-state index >= 15 is 0 Å². The zero-order valence-corrected chi connectivity index (χ0v) is 20.5. The highest BCUT2D eigenvalue weighted by Crippen LogP contribution is 2.20. The molecule has 13 heteroatoms. The SMILES string of the molecule is NCCCCC(NC(=O)C1CCCN1C(=O)C(N)Cc1ccc(O)cc1)C(=O)NC(CC(=O)O)C(=O)O. The lowest BCUT2D eigenvalue weighted by atomic mass is 10.0. The molecule has 4 unspecified atom stereocenters. The normalized spacial score (nSPS) is 17.5. The van der Waals surface area contributed by atoms with Gasteiger partial charge in [0.05, 0.1) is 12.5 Å². The van der Waals surface area contributed by atoms with Crippen LogP contribution in [0.1, 0.15) is 44.1 Å². The molecular weight excluding hydrogens is 486 g/mol. The van der Waals surface area contributed by atoms with Gasteiger partial charge in [-0.1, -0.05) is 12.1 Å². The molecule has 1 heterocycles. The Hall–Kier alpha value is -3.71. The summed E-state index contributed by atoms with van der Waals surface area (Å²) in [6.45, 7) is 0.660. The van der Waals surface area contributed by atoms with Crippen LogP contribution < -0.4 is 22.1 Å². The lowest BCUT2D eigenvalue weighted by Crippen LogP contribution is -2.57. The molecule has 9 N–H and O–H groups in total. The Morgan fingerprint density at radius 1 is 1.03 bits per heavy atom. The first kappa shape index (κ1) is 29.5. The smallest absolute Gasteiger partial charge is 0.326 e. The van der Waals surface area contributed by atoms with E-state index in [1.165, 1.54) is 17.0 Å². The summed E-state index contributed by atoms with van der Waals surface area (Å²) in [5.74, 6) is -4.68. The first-order chi connectivity index (χ1) is 17.5. The van der Waals surface area contributed by atoms with Gasteiger partial charge in [0.25, 0.3) is 0 Å². The number of nitrogens with one attached hydrogen (secondary N) is 2. The minimum atomic E-state index is -1.67. The molecule has 0 spiro atoms. The number of amides is 3. The number of likely N-dealkylation sites (tertiary alicyclic amines) is 1. The van der Waals surface area contributed by atoms with E-state index in [0.29, 0.717) is 38.8 Å². The van der Waals surface area contributed by atoms with Gasteiger partial charge in [-0.15, -0.1) is 0 Å². The van der Waals surface area contributed by atoms with Crippen molar-refractivity contribution in [1.82, 2.24) is 15.5 Å².